The first-order chi connectivity index (χ1) is 12.6. The van der Waals surface area contributed by atoms with E-state index < -0.39 is 5.97 Å². The number of ether oxygens (including phenoxy) is 1. The molecule has 1 aromatic rings. The minimum Gasteiger partial charge on any atom is -0.454 e. The van der Waals surface area contributed by atoms with Crippen LogP contribution in [0.1, 0.15) is 32.1 Å². The van der Waals surface area contributed by atoms with Crippen LogP contribution in [-0.2, 0) is 19.1 Å². The number of benzene rings is 1. The van der Waals surface area contributed by atoms with Gasteiger partial charge >= 0.3 is 5.97 Å². The smallest absolute Gasteiger partial charge is 0.326 e. The third-order valence-corrected chi connectivity index (χ3v) is 5.71. The second-order valence-corrected chi connectivity index (χ2v) is 7.56. The van der Waals surface area contributed by atoms with Crippen molar-refractivity contribution in [1.29, 1.82) is 0 Å². The van der Waals surface area contributed by atoms with E-state index in [2.05, 4.69) is 0 Å². The van der Waals surface area contributed by atoms with Gasteiger partial charge in [0.1, 0.15) is 6.54 Å². The van der Waals surface area contributed by atoms with Crippen LogP contribution < -0.4 is 4.90 Å². The molecule has 0 aromatic heterocycles. The Labute approximate surface area is 157 Å². The Hall–Kier alpha value is -2.02. The second-order valence-electron chi connectivity index (χ2n) is 6.55. The van der Waals surface area contributed by atoms with Gasteiger partial charge in [-0.05, 0) is 25.0 Å². The SMILES string of the molecule is O=C(CN1C(=O)CSc2ccccc21)OCC(=O)N1CCCCCCC1. The van der Waals surface area contributed by atoms with Gasteiger partial charge in [0.15, 0.2) is 6.61 Å². The molecule has 140 valence electrons. The lowest BCUT2D eigenvalue weighted by atomic mass is 10.1. The van der Waals surface area contributed by atoms with Crippen molar-refractivity contribution in [1.82, 2.24) is 4.90 Å². The number of hydrogen-bond donors (Lipinski definition) is 0. The standard InChI is InChI=1S/C19H24N2O4S/c22-17(20-10-6-2-1-3-7-11-20)13-25-19(24)12-21-15-8-4-5-9-16(15)26-14-18(21)23/h4-5,8-9H,1-3,6-7,10-14H2. The first kappa shape index (κ1) is 18.8. The third-order valence-electron chi connectivity index (χ3n) is 4.66. The van der Waals surface area contributed by atoms with Gasteiger partial charge in [0.2, 0.25) is 5.91 Å². The minimum atomic E-state index is -0.555. The minimum absolute atomic E-state index is 0.124. The summed E-state index contributed by atoms with van der Waals surface area (Å²) in [6.07, 6.45) is 5.49. The van der Waals surface area contributed by atoms with E-state index in [9.17, 15) is 14.4 Å². The van der Waals surface area contributed by atoms with E-state index in [1.807, 2.05) is 24.3 Å². The van der Waals surface area contributed by atoms with Crippen molar-refractivity contribution >= 4 is 35.2 Å². The molecule has 2 amide bonds. The van der Waals surface area contributed by atoms with Gasteiger partial charge < -0.3 is 9.64 Å². The van der Waals surface area contributed by atoms with E-state index in [4.69, 9.17) is 4.74 Å². The molecule has 7 heteroatoms. The number of fused-ring (bicyclic) bond motifs is 1. The maximum absolute atomic E-state index is 12.3. The first-order valence-electron chi connectivity index (χ1n) is 9.11. The lowest BCUT2D eigenvalue weighted by Crippen LogP contribution is -2.41. The highest BCUT2D eigenvalue weighted by Gasteiger charge is 2.27. The van der Waals surface area contributed by atoms with Gasteiger partial charge in [-0.2, -0.15) is 0 Å². The number of anilines is 1. The molecule has 1 saturated heterocycles. The Bertz CT molecular complexity index is 671. The third kappa shape index (κ3) is 4.78. The summed E-state index contributed by atoms with van der Waals surface area (Å²) in [6, 6.07) is 7.48. The highest BCUT2D eigenvalue weighted by atomic mass is 32.2. The van der Waals surface area contributed by atoms with E-state index >= 15 is 0 Å². The fourth-order valence-corrected chi connectivity index (χ4v) is 4.17. The topological polar surface area (TPSA) is 66.9 Å². The predicted molar refractivity (Wildman–Crippen MR) is 100 cm³/mol. The zero-order valence-corrected chi connectivity index (χ0v) is 15.6. The number of rotatable bonds is 4. The van der Waals surface area contributed by atoms with Gasteiger partial charge in [-0.25, -0.2) is 0 Å². The van der Waals surface area contributed by atoms with E-state index in [0.29, 0.717) is 5.75 Å². The van der Waals surface area contributed by atoms with Crippen molar-refractivity contribution in [2.24, 2.45) is 0 Å². The van der Waals surface area contributed by atoms with Crippen LogP contribution in [0.3, 0.4) is 0 Å². The molecule has 2 aliphatic heterocycles. The maximum atomic E-state index is 12.3. The van der Waals surface area contributed by atoms with Crippen LogP contribution >= 0.6 is 11.8 Å². The largest absolute Gasteiger partial charge is 0.454 e. The lowest BCUT2D eigenvalue weighted by molar-refractivity contribution is -0.151. The van der Waals surface area contributed by atoms with Gasteiger partial charge in [-0.3, -0.25) is 19.3 Å². The molecule has 2 aliphatic rings. The van der Waals surface area contributed by atoms with Crippen LogP contribution in [0.4, 0.5) is 5.69 Å². The van der Waals surface area contributed by atoms with Gasteiger partial charge in [-0.1, -0.05) is 31.4 Å². The van der Waals surface area contributed by atoms with Crippen LogP contribution in [0.5, 0.6) is 0 Å². The van der Waals surface area contributed by atoms with Gasteiger partial charge in [0.05, 0.1) is 11.4 Å². The maximum Gasteiger partial charge on any atom is 0.326 e. The zero-order chi connectivity index (χ0) is 18.4. The summed E-state index contributed by atoms with van der Waals surface area (Å²) in [7, 11) is 0. The molecule has 0 aliphatic carbocycles. The summed E-state index contributed by atoms with van der Waals surface area (Å²) in [5, 5.41) is 0. The van der Waals surface area contributed by atoms with Gasteiger partial charge in [-0.15, -0.1) is 11.8 Å². The summed E-state index contributed by atoms with van der Waals surface area (Å²) < 4.78 is 5.16. The number of carbonyl (C=O) groups is 3. The van der Waals surface area contributed by atoms with Crippen LogP contribution in [0.25, 0.3) is 0 Å². The molecule has 3 rings (SSSR count). The molecule has 0 N–H and O–H groups in total. The number of para-hydroxylation sites is 1. The number of hydrogen-bond acceptors (Lipinski definition) is 5. The number of amides is 2. The number of carbonyl (C=O) groups excluding carboxylic acids is 3. The molecule has 0 atom stereocenters. The van der Waals surface area contributed by atoms with Crippen molar-refractivity contribution in [3.05, 3.63) is 24.3 Å². The average Bonchev–Trinajstić information content (AvgIpc) is 2.62. The van der Waals surface area contributed by atoms with E-state index in [0.717, 1.165) is 49.4 Å². The number of esters is 1. The van der Waals surface area contributed by atoms with Gasteiger partial charge in [0, 0.05) is 18.0 Å². The molecule has 0 spiro atoms. The quantitative estimate of drug-likeness (QED) is 0.755. The molecule has 0 bridgehead atoms. The Kier molecular flexibility index (Phi) is 6.55. The Morgan fingerprint density at radius 3 is 2.50 bits per heavy atom. The van der Waals surface area contributed by atoms with E-state index in [-0.39, 0.29) is 25.0 Å². The Morgan fingerprint density at radius 1 is 1.04 bits per heavy atom. The summed E-state index contributed by atoms with van der Waals surface area (Å²) in [4.78, 5) is 40.8. The highest BCUT2D eigenvalue weighted by Crippen LogP contribution is 2.34. The van der Waals surface area contributed by atoms with Crippen LogP contribution in [0.2, 0.25) is 0 Å². The number of nitrogens with zero attached hydrogens (tertiary/aromatic N) is 2. The van der Waals surface area contributed by atoms with E-state index in [1.54, 1.807) is 4.90 Å². The Morgan fingerprint density at radius 2 is 1.73 bits per heavy atom. The Balaban J connectivity index is 1.52. The number of likely N-dealkylation sites (tertiary alicyclic amines) is 1. The number of thioether (sulfide) groups is 1. The molecule has 1 fully saturated rings. The molecular formula is C19H24N2O4S. The molecule has 26 heavy (non-hydrogen) atoms. The van der Waals surface area contributed by atoms with Crippen LogP contribution in [0, 0.1) is 0 Å². The van der Waals surface area contributed by atoms with Crippen LogP contribution in [0.15, 0.2) is 29.2 Å². The van der Waals surface area contributed by atoms with Crippen molar-refractivity contribution in [3.8, 4) is 0 Å². The molecule has 0 unspecified atom stereocenters. The van der Waals surface area contributed by atoms with Gasteiger partial charge in [0.25, 0.3) is 5.91 Å². The normalized spacial score (nSPS) is 17.9. The van der Waals surface area contributed by atoms with E-state index in [1.165, 1.54) is 23.1 Å². The van der Waals surface area contributed by atoms with Crippen molar-refractivity contribution in [3.63, 3.8) is 0 Å². The van der Waals surface area contributed by atoms with Crippen molar-refractivity contribution < 1.29 is 19.1 Å². The molecule has 2 heterocycles. The predicted octanol–water partition coefficient (Wildman–Crippen LogP) is 2.46. The first-order valence-corrected chi connectivity index (χ1v) is 10.1. The lowest BCUT2D eigenvalue weighted by Gasteiger charge is -2.28. The van der Waals surface area contributed by atoms with Crippen LogP contribution in [-0.4, -0.2) is 54.7 Å². The summed E-state index contributed by atoms with van der Waals surface area (Å²) in [5.41, 5.74) is 0.723. The average molecular weight is 376 g/mol. The molecule has 0 saturated carbocycles. The highest BCUT2D eigenvalue weighted by molar-refractivity contribution is 8.00. The molecular weight excluding hydrogens is 352 g/mol. The molecule has 0 radical (unpaired) electrons. The molecule has 6 nitrogen and oxygen atoms in total. The summed E-state index contributed by atoms with van der Waals surface area (Å²) in [5.74, 6) is -0.529. The molecule has 1 aromatic carbocycles. The fraction of sp³-hybridized carbons (Fsp3) is 0.526. The second kappa shape index (κ2) is 9.07. The zero-order valence-electron chi connectivity index (χ0n) is 14.8. The van der Waals surface area contributed by atoms with Crippen molar-refractivity contribution in [2.45, 2.75) is 37.0 Å². The summed E-state index contributed by atoms with van der Waals surface area (Å²) in [6.45, 7) is 1.04. The fourth-order valence-electron chi connectivity index (χ4n) is 3.23. The summed E-state index contributed by atoms with van der Waals surface area (Å²) >= 11 is 1.46. The van der Waals surface area contributed by atoms with Crippen molar-refractivity contribution in [2.75, 3.05) is 36.9 Å². The monoisotopic (exact) mass is 376 g/mol.